The molecular formula is C11H17ClN2O2. The van der Waals surface area contributed by atoms with Crippen molar-refractivity contribution in [3.05, 3.63) is 16.4 Å². The number of nitrogens with zero attached hydrogens (tertiary/aromatic N) is 2. The number of carbonyl (C=O) groups excluding carboxylic acids is 1. The molecule has 1 aromatic heterocycles. The van der Waals surface area contributed by atoms with Crippen LogP contribution < -0.4 is 0 Å². The lowest BCUT2D eigenvalue weighted by Crippen LogP contribution is -2.29. The standard InChI is InChI=1S/C11H17ClN2O2/c1-4-14-9(10(12)8(2)13-14)7-11(3,16)5-6-15/h6,16H,4-5,7H2,1-3H3. The van der Waals surface area contributed by atoms with Crippen LogP contribution in [0.4, 0.5) is 0 Å². The molecule has 90 valence electrons. The van der Waals surface area contributed by atoms with Crippen molar-refractivity contribution < 1.29 is 9.90 Å². The molecule has 1 atom stereocenters. The van der Waals surface area contributed by atoms with E-state index in [1.807, 2.05) is 13.8 Å². The Morgan fingerprint density at radius 1 is 1.62 bits per heavy atom. The molecule has 0 aliphatic heterocycles. The van der Waals surface area contributed by atoms with Gasteiger partial charge in [-0.25, -0.2) is 0 Å². The highest BCUT2D eigenvalue weighted by molar-refractivity contribution is 6.31. The van der Waals surface area contributed by atoms with Crippen LogP contribution in [0.1, 0.15) is 31.7 Å². The average molecular weight is 245 g/mol. The maximum atomic E-state index is 10.4. The van der Waals surface area contributed by atoms with Crippen molar-refractivity contribution in [2.75, 3.05) is 0 Å². The molecule has 1 aromatic rings. The zero-order valence-electron chi connectivity index (χ0n) is 9.83. The highest BCUT2D eigenvalue weighted by Crippen LogP contribution is 2.25. The van der Waals surface area contributed by atoms with Gasteiger partial charge in [0.25, 0.3) is 0 Å². The van der Waals surface area contributed by atoms with Crippen LogP contribution in [0.5, 0.6) is 0 Å². The molecule has 0 saturated carbocycles. The molecule has 1 N–H and O–H groups in total. The molecule has 4 nitrogen and oxygen atoms in total. The summed E-state index contributed by atoms with van der Waals surface area (Å²) in [5.74, 6) is 0. The number of aromatic nitrogens is 2. The summed E-state index contributed by atoms with van der Waals surface area (Å²) in [7, 11) is 0. The van der Waals surface area contributed by atoms with Gasteiger partial charge in [-0.1, -0.05) is 11.6 Å². The molecule has 0 saturated heterocycles. The van der Waals surface area contributed by atoms with Gasteiger partial charge < -0.3 is 9.90 Å². The van der Waals surface area contributed by atoms with Crippen LogP contribution in [-0.4, -0.2) is 26.8 Å². The largest absolute Gasteiger partial charge is 0.389 e. The van der Waals surface area contributed by atoms with Gasteiger partial charge in [-0.3, -0.25) is 4.68 Å². The summed E-state index contributed by atoms with van der Waals surface area (Å²) < 4.78 is 1.76. The van der Waals surface area contributed by atoms with E-state index in [0.717, 1.165) is 11.4 Å². The predicted octanol–water partition coefficient (Wildman–Crippen LogP) is 1.75. The van der Waals surface area contributed by atoms with Gasteiger partial charge in [-0.15, -0.1) is 0 Å². The van der Waals surface area contributed by atoms with Gasteiger partial charge in [0.2, 0.25) is 0 Å². The van der Waals surface area contributed by atoms with Crippen molar-refractivity contribution in [1.82, 2.24) is 9.78 Å². The number of hydrogen-bond acceptors (Lipinski definition) is 3. The molecule has 0 aliphatic rings. The van der Waals surface area contributed by atoms with E-state index in [-0.39, 0.29) is 6.42 Å². The topological polar surface area (TPSA) is 55.1 Å². The third-order valence-electron chi connectivity index (χ3n) is 2.52. The van der Waals surface area contributed by atoms with Crippen LogP contribution in [0.15, 0.2) is 0 Å². The Morgan fingerprint density at radius 2 is 2.25 bits per heavy atom. The number of aryl methyl sites for hydroxylation is 2. The van der Waals surface area contributed by atoms with Crippen molar-refractivity contribution in [3.63, 3.8) is 0 Å². The number of halogens is 1. The maximum Gasteiger partial charge on any atom is 0.122 e. The van der Waals surface area contributed by atoms with Gasteiger partial charge in [-0.05, 0) is 20.8 Å². The summed E-state index contributed by atoms with van der Waals surface area (Å²) in [6.07, 6.45) is 1.14. The minimum absolute atomic E-state index is 0.0945. The minimum atomic E-state index is -1.06. The van der Waals surface area contributed by atoms with E-state index in [4.69, 9.17) is 11.6 Å². The lowest BCUT2D eigenvalue weighted by Gasteiger charge is -2.21. The quantitative estimate of drug-likeness (QED) is 0.803. The fourth-order valence-corrected chi connectivity index (χ4v) is 1.85. The van der Waals surface area contributed by atoms with Crippen molar-refractivity contribution in [2.24, 2.45) is 0 Å². The van der Waals surface area contributed by atoms with Crippen LogP contribution in [0.2, 0.25) is 5.02 Å². The van der Waals surface area contributed by atoms with E-state index in [1.54, 1.807) is 11.6 Å². The monoisotopic (exact) mass is 244 g/mol. The number of aldehydes is 1. The Kier molecular flexibility index (Phi) is 4.10. The zero-order chi connectivity index (χ0) is 12.3. The first-order valence-corrected chi connectivity index (χ1v) is 5.67. The normalized spacial score (nSPS) is 14.8. The Labute approximate surface area is 100 Å². The molecule has 5 heteroatoms. The summed E-state index contributed by atoms with van der Waals surface area (Å²) in [6, 6.07) is 0. The van der Waals surface area contributed by atoms with Crippen molar-refractivity contribution in [2.45, 2.75) is 45.8 Å². The fourth-order valence-electron chi connectivity index (χ4n) is 1.65. The second-order valence-electron chi connectivity index (χ2n) is 4.21. The Morgan fingerprint density at radius 3 is 2.75 bits per heavy atom. The highest BCUT2D eigenvalue weighted by atomic mass is 35.5. The van der Waals surface area contributed by atoms with Crippen LogP contribution >= 0.6 is 11.6 Å². The molecule has 16 heavy (non-hydrogen) atoms. The molecule has 0 fully saturated rings. The Balaban J connectivity index is 2.99. The third kappa shape index (κ3) is 2.83. The van der Waals surface area contributed by atoms with Crippen molar-refractivity contribution in [3.8, 4) is 0 Å². The lowest BCUT2D eigenvalue weighted by atomic mass is 9.97. The molecule has 0 spiro atoms. The van der Waals surface area contributed by atoms with Gasteiger partial charge in [0.1, 0.15) is 6.29 Å². The second-order valence-corrected chi connectivity index (χ2v) is 4.58. The smallest absolute Gasteiger partial charge is 0.122 e. The van der Waals surface area contributed by atoms with Gasteiger partial charge in [-0.2, -0.15) is 5.10 Å². The van der Waals surface area contributed by atoms with Crippen LogP contribution in [0.25, 0.3) is 0 Å². The van der Waals surface area contributed by atoms with Crippen LogP contribution in [0, 0.1) is 6.92 Å². The molecule has 0 radical (unpaired) electrons. The predicted molar refractivity (Wildman–Crippen MR) is 62.7 cm³/mol. The first kappa shape index (κ1) is 13.2. The summed E-state index contributed by atoms with van der Waals surface area (Å²) in [5.41, 5.74) is 0.471. The number of carbonyl (C=O) groups is 1. The van der Waals surface area contributed by atoms with Gasteiger partial charge in [0.15, 0.2) is 0 Å². The van der Waals surface area contributed by atoms with Crippen LogP contribution in [-0.2, 0) is 17.8 Å². The fraction of sp³-hybridized carbons (Fsp3) is 0.636. The second kappa shape index (κ2) is 4.97. The van der Waals surface area contributed by atoms with E-state index in [0.29, 0.717) is 24.3 Å². The SMILES string of the molecule is CCn1nc(C)c(Cl)c1CC(C)(O)CC=O. The van der Waals surface area contributed by atoms with E-state index >= 15 is 0 Å². The average Bonchev–Trinajstić information content (AvgIpc) is 2.45. The molecule has 0 bridgehead atoms. The van der Waals surface area contributed by atoms with Gasteiger partial charge in [0, 0.05) is 19.4 Å². The van der Waals surface area contributed by atoms with Gasteiger partial charge in [0.05, 0.1) is 22.0 Å². The Bertz CT molecular complexity index is 386. The number of rotatable bonds is 5. The van der Waals surface area contributed by atoms with Gasteiger partial charge >= 0.3 is 0 Å². The highest BCUT2D eigenvalue weighted by Gasteiger charge is 2.25. The van der Waals surface area contributed by atoms with E-state index < -0.39 is 5.60 Å². The first-order valence-electron chi connectivity index (χ1n) is 5.29. The summed E-state index contributed by atoms with van der Waals surface area (Å²) in [4.78, 5) is 10.4. The lowest BCUT2D eigenvalue weighted by molar-refractivity contribution is -0.111. The van der Waals surface area contributed by atoms with Crippen molar-refractivity contribution >= 4 is 17.9 Å². The molecule has 0 aromatic carbocycles. The summed E-state index contributed by atoms with van der Waals surface area (Å²) >= 11 is 6.12. The molecule has 0 amide bonds. The Hall–Kier alpha value is -0.870. The molecule has 1 unspecified atom stereocenters. The van der Waals surface area contributed by atoms with E-state index in [9.17, 15) is 9.90 Å². The molecule has 0 aliphatic carbocycles. The van der Waals surface area contributed by atoms with Crippen molar-refractivity contribution in [1.29, 1.82) is 0 Å². The first-order chi connectivity index (χ1) is 7.41. The molecular weight excluding hydrogens is 228 g/mol. The maximum absolute atomic E-state index is 10.4. The molecule has 1 heterocycles. The number of hydrogen-bond donors (Lipinski definition) is 1. The van der Waals surface area contributed by atoms with E-state index in [1.165, 1.54) is 0 Å². The van der Waals surface area contributed by atoms with Crippen LogP contribution in [0.3, 0.4) is 0 Å². The van der Waals surface area contributed by atoms with E-state index in [2.05, 4.69) is 5.10 Å². The zero-order valence-corrected chi connectivity index (χ0v) is 10.6. The third-order valence-corrected chi connectivity index (χ3v) is 3.02. The molecule has 1 rings (SSSR count). The number of aliphatic hydroxyl groups is 1. The summed E-state index contributed by atoms with van der Waals surface area (Å²) in [5, 5.41) is 14.8. The summed E-state index contributed by atoms with van der Waals surface area (Å²) in [6.45, 7) is 6.10. The minimum Gasteiger partial charge on any atom is -0.389 e.